The Balaban J connectivity index is 1.28. The molecule has 1 atom stereocenters. The van der Waals surface area contributed by atoms with E-state index in [-0.39, 0.29) is 11.1 Å². The number of rotatable bonds is 8. The van der Waals surface area contributed by atoms with E-state index in [1.54, 1.807) is 0 Å². The van der Waals surface area contributed by atoms with Gasteiger partial charge in [-0.1, -0.05) is 54.1 Å². The van der Waals surface area contributed by atoms with Gasteiger partial charge < -0.3 is 15.4 Å². The lowest BCUT2D eigenvalue weighted by molar-refractivity contribution is 0.0930. The lowest BCUT2D eigenvalue weighted by atomic mass is 9.95. The summed E-state index contributed by atoms with van der Waals surface area (Å²) in [4.78, 5) is 18.3. The van der Waals surface area contributed by atoms with Crippen LogP contribution < -0.4 is 15.4 Å². The molecule has 1 saturated heterocycles. The lowest BCUT2D eigenvalue weighted by Gasteiger charge is -2.39. The van der Waals surface area contributed by atoms with E-state index in [1.165, 1.54) is 5.56 Å². The van der Waals surface area contributed by atoms with Crippen LogP contribution in [0.1, 0.15) is 57.4 Å². The normalized spacial score (nSPS) is 19.6. The average Bonchev–Trinajstić information content (AvgIpc) is 3.70. The second kappa shape index (κ2) is 10.1. The van der Waals surface area contributed by atoms with Crippen LogP contribution in [0.5, 0.6) is 5.75 Å². The number of nitrogens with one attached hydrogen (secondary N) is 2. The highest BCUT2D eigenvalue weighted by Crippen LogP contribution is 2.48. The third-order valence-corrected chi connectivity index (χ3v) is 8.40. The molecule has 6 heteroatoms. The maximum Gasteiger partial charge on any atom is 0.252 e. The smallest absolute Gasteiger partial charge is 0.252 e. The molecule has 2 heterocycles. The third-order valence-electron chi connectivity index (χ3n) is 7.83. The van der Waals surface area contributed by atoms with E-state index in [0.717, 1.165) is 59.0 Å². The highest BCUT2D eigenvalue weighted by molar-refractivity contribution is 6.16. The van der Waals surface area contributed by atoms with Gasteiger partial charge in [0, 0.05) is 22.3 Å². The number of aromatic nitrogens is 1. The number of hydrogen-bond acceptors (Lipinski definition) is 4. The second-order valence-electron chi connectivity index (χ2n) is 10.9. The van der Waals surface area contributed by atoms with Crippen LogP contribution >= 0.6 is 0 Å². The molecule has 195 valence electrons. The fourth-order valence-corrected chi connectivity index (χ4v) is 5.55. The van der Waals surface area contributed by atoms with E-state index < -0.39 is 5.54 Å². The molecule has 39 heavy (non-hydrogen) atoms. The van der Waals surface area contributed by atoms with Gasteiger partial charge >= 0.3 is 0 Å². The number of nitrogens with zero attached hydrogens (tertiary/aromatic N) is 1. The molecule has 0 unspecified atom stereocenters. The Morgan fingerprint density at radius 3 is 2.59 bits per heavy atom. The van der Waals surface area contributed by atoms with Gasteiger partial charge in [-0.25, -0.2) is 0 Å². The summed E-state index contributed by atoms with van der Waals surface area (Å²) >= 11 is 0. The van der Waals surface area contributed by atoms with Crippen LogP contribution in [0.25, 0.3) is 23.1 Å². The van der Waals surface area contributed by atoms with Gasteiger partial charge in [-0.05, 0) is 92.2 Å². The number of aryl methyl sites for hydroxylation is 2. The Hall–Kier alpha value is -3.74. The summed E-state index contributed by atoms with van der Waals surface area (Å²) in [5, 5.41) is 7.63. The fraction of sp³-hybridized carbons (Fsp3) is 0.273. The molecule has 2 aliphatic rings. The molecule has 1 aliphatic heterocycles. The zero-order chi connectivity index (χ0) is 27.0. The van der Waals surface area contributed by atoms with Crippen molar-refractivity contribution in [2.75, 3.05) is 13.2 Å². The van der Waals surface area contributed by atoms with E-state index in [9.17, 15) is 4.79 Å². The molecule has 3 aromatic carbocycles. The van der Waals surface area contributed by atoms with Crippen LogP contribution in [-0.4, -0.2) is 39.4 Å². The number of amides is 1. The molecule has 2 N–H and O–H groups in total. The Morgan fingerprint density at radius 2 is 1.85 bits per heavy atom. The first-order chi connectivity index (χ1) is 18.8. The van der Waals surface area contributed by atoms with E-state index >= 15 is 0 Å². The van der Waals surface area contributed by atoms with Gasteiger partial charge in [0.1, 0.15) is 12.4 Å². The van der Waals surface area contributed by atoms with E-state index in [0.29, 0.717) is 17.9 Å². The van der Waals surface area contributed by atoms with Crippen LogP contribution in [0, 0.1) is 13.8 Å². The number of carbonyl (C=O) groups excluding carboxylic acids is 1. The Labute approximate surface area is 233 Å². The van der Waals surface area contributed by atoms with Crippen LogP contribution in [0.3, 0.4) is 0 Å². The minimum Gasteiger partial charge on any atom is -0.492 e. The van der Waals surface area contributed by atoms with Gasteiger partial charge in [0.2, 0.25) is 0 Å². The molecule has 1 saturated carbocycles. The van der Waals surface area contributed by atoms with E-state index in [2.05, 4.69) is 87.4 Å². The first kappa shape index (κ1) is 25.5. The minimum absolute atomic E-state index is 0.0805. The van der Waals surface area contributed by atoms with Crippen molar-refractivity contribution in [3.8, 4) is 5.75 Å². The summed E-state index contributed by atoms with van der Waals surface area (Å²) < 4.78 is 6.03. The molecule has 4 aromatic rings. The highest BCUT2D eigenvalue weighted by Gasteiger charge is 2.47. The first-order valence-corrected chi connectivity index (χ1v) is 14.0. The van der Waals surface area contributed by atoms with E-state index in [1.807, 2.05) is 37.4 Å². The topological polar surface area (TPSA) is 63.2 Å². The summed E-state index contributed by atoms with van der Waals surface area (Å²) in [5.74, 6) is 0.614. The van der Waals surface area contributed by atoms with Crippen molar-refractivity contribution in [3.05, 3.63) is 106 Å². The minimum atomic E-state index is -0.412. The number of fused-ring (bicyclic) bond motifs is 1. The Bertz CT molecular complexity index is 1590. The highest BCUT2D eigenvalue weighted by atomic mass is 28.1. The van der Waals surface area contributed by atoms with Crippen LogP contribution in [0.15, 0.2) is 72.9 Å². The molecule has 5 nitrogen and oxygen atoms in total. The number of pyridine rings is 1. The maximum atomic E-state index is 13.7. The largest absolute Gasteiger partial charge is 0.492 e. The van der Waals surface area contributed by atoms with Gasteiger partial charge in [-0.15, -0.1) is 0 Å². The predicted molar refractivity (Wildman–Crippen MR) is 158 cm³/mol. The molecular formula is C33H32N3O2Si. The van der Waals surface area contributed by atoms with Crippen LogP contribution in [-0.2, 0) is 5.54 Å². The van der Waals surface area contributed by atoms with Crippen molar-refractivity contribution in [1.29, 1.82) is 0 Å². The number of hydrogen-bond donors (Lipinski definition) is 2. The first-order valence-electron chi connectivity index (χ1n) is 13.5. The number of ether oxygens (including phenoxy) is 1. The summed E-state index contributed by atoms with van der Waals surface area (Å²) in [5.41, 5.74) is 6.65. The summed E-state index contributed by atoms with van der Waals surface area (Å²) in [7, 11) is 3.75. The zero-order valence-corrected chi connectivity index (χ0v) is 23.4. The lowest BCUT2D eigenvalue weighted by Crippen LogP contribution is -2.61. The molecule has 1 amide bonds. The molecule has 1 aromatic heterocycles. The molecule has 2 fully saturated rings. The van der Waals surface area contributed by atoms with Gasteiger partial charge in [-0.3, -0.25) is 9.78 Å². The van der Waals surface area contributed by atoms with Gasteiger partial charge in [0.25, 0.3) is 5.91 Å². The predicted octanol–water partition coefficient (Wildman–Crippen LogP) is 5.68. The van der Waals surface area contributed by atoms with Crippen molar-refractivity contribution >= 4 is 39.2 Å². The van der Waals surface area contributed by atoms with Crippen LogP contribution in [0.2, 0.25) is 0 Å². The zero-order valence-electron chi connectivity index (χ0n) is 22.4. The number of carbonyl (C=O) groups is 1. The Kier molecular flexibility index (Phi) is 6.61. The van der Waals surface area contributed by atoms with Gasteiger partial charge in [0.15, 0.2) is 0 Å². The van der Waals surface area contributed by atoms with Crippen molar-refractivity contribution in [1.82, 2.24) is 15.6 Å². The summed E-state index contributed by atoms with van der Waals surface area (Å²) in [6.45, 7) is 5.54. The van der Waals surface area contributed by atoms with Crippen molar-refractivity contribution in [3.63, 3.8) is 0 Å². The SMILES string of the molecule is Cc1cccc(/C=C/c2cc(C3(NC(=O)c4cc(OC[C@]5([Si])CCN5)ccc4C)CC3)c3cccnc3c2)c1. The van der Waals surface area contributed by atoms with Crippen LogP contribution in [0.4, 0.5) is 0 Å². The molecule has 6 rings (SSSR count). The quantitative estimate of drug-likeness (QED) is 0.227. The second-order valence-corrected chi connectivity index (χ2v) is 11.9. The van der Waals surface area contributed by atoms with Gasteiger partial charge in [0.05, 0.1) is 21.3 Å². The van der Waals surface area contributed by atoms with E-state index in [4.69, 9.17) is 4.74 Å². The Morgan fingerprint density at radius 1 is 1.03 bits per heavy atom. The molecular weight excluding hydrogens is 498 g/mol. The van der Waals surface area contributed by atoms with Crippen molar-refractivity contribution in [2.45, 2.75) is 43.8 Å². The van der Waals surface area contributed by atoms with Gasteiger partial charge in [-0.2, -0.15) is 0 Å². The molecule has 0 spiro atoms. The third kappa shape index (κ3) is 5.40. The standard InChI is InChI=1S/C33H32N3O2Si/c1-22-5-3-6-24(17-22)9-10-25-18-29(27-7-4-15-34-30(27)19-25)32(12-13-32)36-31(37)28-20-26(11-8-23(28)2)38-21-33(39)14-16-35-33/h3-11,15,17-20,35H,12-14,16,21H2,1-2H3,(H,36,37)/b10-9+/t33-/m1/s1. The molecule has 1 aliphatic carbocycles. The van der Waals surface area contributed by atoms with Crippen molar-refractivity contribution in [2.24, 2.45) is 0 Å². The summed E-state index contributed by atoms with van der Waals surface area (Å²) in [6.07, 6.45) is 8.87. The van der Waals surface area contributed by atoms with Crippen molar-refractivity contribution < 1.29 is 9.53 Å². The average molecular weight is 531 g/mol. The maximum absolute atomic E-state index is 13.7. The number of benzene rings is 3. The molecule has 3 radical (unpaired) electrons. The molecule has 0 bridgehead atoms. The monoisotopic (exact) mass is 530 g/mol. The summed E-state index contributed by atoms with van der Waals surface area (Å²) in [6, 6.07) is 22.6. The fourth-order valence-electron chi connectivity index (χ4n) is 5.23.